The maximum atomic E-state index is 14.3. The number of thioether (sulfide) groups is 1. The number of hydrogen-bond acceptors (Lipinski definition) is 6. The van der Waals surface area contributed by atoms with E-state index in [0.29, 0.717) is 28.0 Å². The van der Waals surface area contributed by atoms with E-state index in [1.807, 2.05) is 6.26 Å². The lowest BCUT2D eigenvalue weighted by Gasteiger charge is -2.33. The lowest BCUT2D eigenvalue weighted by atomic mass is 9.95. The summed E-state index contributed by atoms with van der Waals surface area (Å²) in [6.45, 7) is 3.19. The third kappa shape index (κ3) is 8.87. The third-order valence-electron chi connectivity index (χ3n) is 7.82. The highest BCUT2D eigenvalue weighted by atomic mass is 35.5. The van der Waals surface area contributed by atoms with Gasteiger partial charge in [0.25, 0.3) is 10.0 Å². The van der Waals surface area contributed by atoms with Crippen LogP contribution in [0.25, 0.3) is 0 Å². The Morgan fingerprint density at radius 2 is 1.69 bits per heavy atom. The zero-order valence-corrected chi connectivity index (χ0v) is 28.8. The number of ether oxygens (including phenoxy) is 1. The summed E-state index contributed by atoms with van der Waals surface area (Å²) < 4.78 is 35.3. The largest absolute Gasteiger partial charge is 0.492 e. The Kier molecular flexibility index (Phi) is 12.5. The van der Waals surface area contributed by atoms with Gasteiger partial charge >= 0.3 is 0 Å². The minimum absolute atomic E-state index is 0.0123. The van der Waals surface area contributed by atoms with Gasteiger partial charge in [-0.1, -0.05) is 60.7 Å². The first-order valence-corrected chi connectivity index (χ1v) is 18.4. The second-order valence-corrected chi connectivity index (χ2v) is 14.4. The Hall–Kier alpha value is -2.92. The quantitative estimate of drug-likeness (QED) is 0.191. The molecule has 45 heavy (non-hydrogen) atoms. The number of nitrogens with one attached hydrogen (secondary N) is 1. The number of nitrogens with zero attached hydrogens (tertiary/aromatic N) is 2. The van der Waals surface area contributed by atoms with Gasteiger partial charge in [-0.3, -0.25) is 13.9 Å². The van der Waals surface area contributed by atoms with Crippen LogP contribution in [0.2, 0.25) is 10.0 Å². The van der Waals surface area contributed by atoms with Gasteiger partial charge in [0.15, 0.2) is 0 Å². The van der Waals surface area contributed by atoms with Crippen molar-refractivity contribution < 1.29 is 22.7 Å². The fourth-order valence-corrected chi connectivity index (χ4v) is 7.47. The highest BCUT2D eigenvalue weighted by Gasteiger charge is 2.34. The maximum absolute atomic E-state index is 14.3. The van der Waals surface area contributed by atoms with Crippen LogP contribution >= 0.6 is 35.0 Å². The summed E-state index contributed by atoms with van der Waals surface area (Å²) in [5, 5.41) is 3.77. The maximum Gasteiger partial charge on any atom is 0.264 e. The van der Waals surface area contributed by atoms with E-state index < -0.39 is 28.5 Å². The van der Waals surface area contributed by atoms with Crippen molar-refractivity contribution in [3.05, 3.63) is 82.3 Å². The van der Waals surface area contributed by atoms with Crippen LogP contribution in [0, 0.1) is 0 Å². The molecule has 4 rings (SSSR count). The number of carbonyl (C=O) groups excluding carboxylic acids is 2. The molecule has 0 bridgehead atoms. The summed E-state index contributed by atoms with van der Waals surface area (Å²) in [7, 11) is -4.24. The lowest BCUT2D eigenvalue weighted by Crippen LogP contribution is -2.53. The van der Waals surface area contributed by atoms with Crippen molar-refractivity contribution in [1.29, 1.82) is 0 Å². The molecule has 3 aromatic rings. The van der Waals surface area contributed by atoms with Crippen molar-refractivity contribution in [3.63, 3.8) is 0 Å². The summed E-state index contributed by atoms with van der Waals surface area (Å²) in [6.07, 6.45) is 6.88. The molecular formula is C33H39Cl2N3O5S2. The van der Waals surface area contributed by atoms with Gasteiger partial charge in [-0.25, -0.2) is 8.42 Å². The monoisotopic (exact) mass is 691 g/mol. The SMILES string of the molecule is CCOc1ccccc1N(CC(=O)N(Cc1ccc(Cl)c(Cl)c1)C(C)C(=O)NC1CCCCC1)S(=O)(=O)c1ccc(SC)cc1. The molecule has 3 aromatic carbocycles. The molecule has 1 atom stereocenters. The number of anilines is 1. The Morgan fingerprint density at radius 1 is 1.00 bits per heavy atom. The fraction of sp³-hybridized carbons (Fsp3) is 0.394. The summed E-state index contributed by atoms with van der Waals surface area (Å²) in [6, 6.07) is 17.3. The molecule has 1 fully saturated rings. The van der Waals surface area contributed by atoms with Crippen molar-refractivity contribution in [2.45, 2.75) is 74.4 Å². The van der Waals surface area contributed by atoms with E-state index in [1.54, 1.807) is 68.4 Å². The molecule has 0 heterocycles. The number of hydrogen-bond donors (Lipinski definition) is 1. The predicted octanol–water partition coefficient (Wildman–Crippen LogP) is 7.18. The van der Waals surface area contributed by atoms with Crippen molar-refractivity contribution in [2.24, 2.45) is 0 Å². The minimum Gasteiger partial charge on any atom is -0.492 e. The zero-order valence-electron chi connectivity index (χ0n) is 25.7. The van der Waals surface area contributed by atoms with E-state index in [-0.39, 0.29) is 29.1 Å². The Balaban J connectivity index is 1.73. The molecule has 0 aromatic heterocycles. The van der Waals surface area contributed by atoms with Crippen LogP contribution in [-0.4, -0.2) is 56.6 Å². The highest BCUT2D eigenvalue weighted by Crippen LogP contribution is 2.33. The third-order valence-corrected chi connectivity index (χ3v) is 11.1. The first kappa shape index (κ1) is 34.9. The number of halogens is 2. The van der Waals surface area contributed by atoms with Crippen LogP contribution < -0.4 is 14.4 Å². The first-order valence-electron chi connectivity index (χ1n) is 15.0. The van der Waals surface area contributed by atoms with Crippen molar-refractivity contribution in [1.82, 2.24) is 10.2 Å². The smallest absolute Gasteiger partial charge is 0.264 e. The normalized spacial score (nSPS) is 14.4. The van der Waals surface area contributed by atoms with Crippen molar-refractivity contribution in [2.75, 3.05) is 23.7 Å². The fourth-order valence-electron chi connectivity index (χ4n) is 5.32. The number of benzene rings is 3. The van der Waals surface area contributed by atoms with E-state index >= 15 is 0 Å². The van der Waals surface area contributed by atoms with Crippen LogP contribution in [0.3, 0.4) is 0 Å². The number of amides is 2. The molecule has 0 saturated heterocycles. The summed E-state index contributed by atoms with van der Waals surface area (Å²) >= 11 is 13.9. The Bertz CT molecular complexity index is 1580. The molecule has 1 unspecified atom stereocenters. The molecule has 0 radical (unpaired) electrons. The molecule has 12 heteroatoms. The van der Waals surface area contributed by atoms with E-state index in [9.17, 15) is 18.0 Å². The number of carbonyl (C=O) groups is 2. The number of sulfonamides is 1. The van der Waals surface area contributed by atoms with Crippen LogP contribution in [-0.2, 0) is 26.2 Å². The molecule has 1 N–H and O–H groups in total. The predicted molar refractivity (Wildman–Crippen MR) is 182 cm³/mol. The van der Waals surface area contributed by atoms with Crippen LogP contribution in [0.5, 0.6) is 5.75 Å². The molecule has 0 aliphatic heterocycles. The molecule has 1 saturated carbocycles. The van der Waals surface area contributed by atoms with Gasteiger partial charge in [-0.05, 0) is 87.0 Å². The van der Waals surface area contributed by atoms with Gasteiger partial charge < -0.3 is 15.0 Å². The van der Waals surface area contributed by atoms with E-state index in [0.717, 1.165) is 41.3 Å². The number of rotatable bonds is 13. The van der Waals surface area contributed by atoms with Gasteiger partial charge in [0, 0.05) is 17.5 Å². The van der Waals surface area contributed by atoms with Gasteiger partial charge in [-0.2, -0.15) is 0 Å². The summed E-state index contributed by atoms with van der Waals surface area (Å²) in [5.41, 5.74) is 0.863. The second kappa shape index (κ2) is 16.1. The Morgan fingerprint density at radius 3 is 2.33 bits per heavy atom. The summed E-state index contributed by atoms with van der Waals surface area (Å²) in [5.74, 6) is -0.550. The number of para-hydroxylation sites is 2. The van der Waals surface area contributed by atoms with E-state index in [1.165, 1.54) is 28.8 Å². The minimum atomic E-state index is -4.24. The zero-order chi connectivity index (χ0) is 32.6. The van der Waals surface area contributed by atoms with E-state index in [4.69, 9.17) is 27.9 Å². The van der Waals surface area contributed by atoms with Gasteiger partial charge in [-0.15, -0.1) is 11.8 Å². The Labute approximate surface area is 280 Å². The molecular weight excluding hydrogens is 653 g/mol. The van der Waals surface area contributed by atoms with Crippen molar-refractivity contribution >= 4 is 62.5 Å². The van der Waals surface area contributed by atoms with Crippen molar-refractivity contribution in [3.8, 4) is 5.75 Å². The van der Waals surface area contributed by atoms with Gasteiger partial charge in [0.1, 0.15) is 18.3 Å². The summed E-state index contributed by atoms with van der Waals surface area (Å²) in [4.78, 5) is 30.2. The average Bonchev–Trinajstić information content (AvgIpc) is 3.04. The molecule has 242 valence electrons. The van der Waals surface area contributed by atoms with Gasteiger partial charge in [0.05, 0.1) is 27.2 Å². The van der Waals surface area contributed by atoms with Crippen LogP contribution in [0.4, 0.5) is 5.69 Å². The van der Waals surface area contributed by atoms with Crippen LogP contribution in [0.15, 0.2) is 76.5 Å². The molecule has 1 aliphatic rings. The molecule has 0 spiro atoms. The average molecular weight is 693 g/mol. The molecule has 1 aliphatic carbocycles. The molecule has 2 amide bonds. The lowest BCUT2D eigenvalue weighted by molar-refractivity contribution is -0.139. The highest BCUT2D eigenvalue weighted by molar-refractivity contribution is 7.98. The standard InChI is InChI=1S/C33H39Cl2N3O5S2/c1-4-43-31-13-9-8-12-30(31)38(45(41,42)27-17-15-26(44-3)16-18-27)22-32(39)37(21-24-14-19-28(34)29(35)20-24)23(2)33(40)36-25-10-6-5-7-11-25/h8-9,12-20,23,25H,4-7,10-11,21-22H2,1-3H3,(H,36,40). The first-order chi connectivity index (χ1) is 21.5. The van der Waals surface area contributed by atoms with Gasteiger partial charge in [0.2, 0.25) is 11.8 Å². The van der Waals surface area contributed by atoms with Crippen LogP contribution in [0.1, 0.15) is 51.5 Å². The topological polar surface area (TPSA) is 96.0 Å². The second-order valence-electron chi connectivity index (χ2n) is 10.9. The van der Waals surface area contributed by atoms with E-state index in [2.05, 4.69) is 5.32 Å². The molecule has 8 nitrogen and oxygen atoms in total.